The Kier molecular flexibility index (Phi) is 8.03. The summed E-state index contributed by atoms with van der Waals surface area (Å²) in [6, 6.07) is 39.7. The number of para-hydroxylation sites is 1. The molecule has 0 amide bonds. The molecule has 0 aliphatic rings. The van der Waals surface area contributed by atoms with Crippen molar-refractivity contribution in [1.29, 1.82) is 5.26 Å². The number of alkyl halides is 6. The zero-order chi connectivity index (χ0) is 36.9. The van der Waals surface area contributed by atoms with E-state index in [1.54, 1.807) is 36.4 Å². The van der Waals surface area contributed by atoms with Crippen LogP contribution in [0.2, 0.25) is 0 Å². The fourth-order valence-electron chi connectivity index (χ4n) is 6.44. The van der Waals surface area contributed by atoms with Gasteiger partial charge in [0.25, 0.3) is 0 Å². The molecule has 8 rings (SSSR count). The molecule has 0 radical (unpaired) electrons. The number of nitrogens with zero attached hydrogens (tertiary/aromatic N) is 5. The lowest BCUT2D eigenvalue weighted by atomic mass is 9.97. The summed E-state index contributed by atoms with van der Waals surface area (Å²) >= 11 is 0. The van der Waals surface area contributed by atoms with Crippen molar-refractivity contribution in [3.05, 3.63) is 156 Å². The molecule has 2 heterocycles. The summed E-state index contributed by atoms with van der Waals surface area (Å²) in [5.74, 6) is 1.11. The molecular formula is C42H23F6N5. The van der Waals surface area contributed by atoms with Crippen LogP contribution in [-0.4, -0.2) is 19.5 Å². The number of nitriles is 1. The van der Waals surface area contributed by atoms with Crippen LogP contribution in [-0.2, 0) is 12.4 Å². The molecule has 6 aromatic carbocycles. The summed E-state index contributed by atoms with van der Waals surface area (Å²) in [5, 5.41) is 11.3. The first-order chi connectivity index (χ1) is 25.5. The highest BCUT2D eigenvalue weighted by Gasteiger charge is 2.37. The lowest BCUT2D eigenvalue weighted by molar-refractivity contribution is -0.143. The van der Waals surface area contributed by atoms with Gasteiger partial charge in [0.1, 0.15) is 0 Å². The summed E-state index contributed by atoms with van der Waals surface area (Å²) in [4.78, 5) is 14.6. The van der Waals surface area contributed by atoms with Crippen LogP contribution in [0, 0.1) is 11.3 Å². The van der Waals surface area contributed by atoms with Crippen molar-refractivity contribution in [3.63, 3.8) is 0 Å². The standard InChI is InChI=1S/C42H23F6N5/c43-41(44,45)30-20-29(21-31(23-30)42(46,47)48)28-16-18-36-33(22-28)32-13-7-8-14-35(32)53(36)37-17-15-25(24-49)19-34(37)40-51-38(26-9-3-1-4-10-26)50-39(52-40)27-11-5-2-6-12-27/h1-23H. The average Bonchev–Trinajstić information content (AvgIpc) is 3.51. The Morgan fingerprint density at radius 1 is 0.472 bits per heavy atom. The van der Waals surface area contributed by atoms with E-state index in [0.717, 1.165) is 23.3 Å². The summed E-state index contributed by atoms with van der Waals surface area (Å²) in [7, 11) is 0. The number of halogens is 6. The van der Waals surface area contributed by atoms with Gasteiger partial charge in [-0.2, -0.15) is 31.6 Å². The third-order valence-electron chi connectivity index (χ3n) is 8.90. The van der Waals surface area contributed by atoms with Gasteiger partial charge in [-0.15, -0.1) is 0 Å². The maximum atomic E-state index is 13.8. The average molecular weight is 712 g/mol. The Labute approximate surface area is 298 Å². The van der Waals surface area contributed by atoms with Gasteiger partial charge in [-0.1, -0.05) is 84.9 Å². The molecule has 5 nitrogen and oxygen atoms in total. The minimum Gasteiger partial charge on any atom is -0.308 e. The van der Waals surface area contributed by atoms with Gasteiger partial charge >= 0.3 is 12.4 Å². The van der Waals surface area contributed by atoms with Gasteiger partial charge in [0.2, 0.25) is 0 Å². The van der Waals surface area contributed by atoms with Gasteiger partial charge in [-0.05, 0) is 65.7 Å². The van der Waals surface area contributed by atoms with Crippen LogP contribution in [0.25, 0.3) is 72.8 Å². The van der Waals surface area contributed by atoms with Gasteiger partial charge in [-0.25, -0.2) is 15.0 Å². The predicted octanol–water partition coefficient (Wildman–Crippen LogP) is 11.5. The molecule has 0 fully saturated rings. The van der Waals surface area contributed by atoms with E-state index in [1.807, 2.05) is 83.4 Å². The molecule has 0 spiro atoms. The van der Waals surface area contributed by atoms with E-state index < -0.39 is 23.5 Å². The van der Waals surface area contributed by atoms with Crippen molar-refractivity contribution in [3.8, 4) is 57.0 Å². The first-order valence-corrected chi connectivity index (χ1v) is 16.2. The van der Waals surface area contributed by atoms with E-state index in [0.29, 0.717) is 50.3 Å². The molecule has 11 heteroatoms. The minimum absolute atomic E-state index is 0.119. The second-order valence-electron chi connectivity index (χ2n) is 12.3. The van der Waals surface area contributed by atoms with Gasteiger partial charge in [0.15, 0.2) is 17.5 Å². The first-order valence-electron chi connectivity index (χ1n) is 16.2. The molecule has 0 atom stereocenters. The molecule has 8 aromatic rings. The summed E-state index contributed by atoms with van der Waals surface area (Å²) in [6.07, 6.45) is -9.98. The van der Waals surface area contributed by atoms with Crippen LogP contribution >= 0.6 is 0 Å². The van der Waals surface area contributed by atoms with Gasteiger partial charge in [0, 0.05) is 27.5 Å². The van der Waals surface area contributed by atoms with E-state index in [2.05, 4.69) is 6.07 Å². The maximum Gasteiger partial charge on any atom is 0.416 e. The lowest BCUT2D eigenvalue weighted by Gasteiger charge is -2.16. The molecule has 0 saturated heterocycles. The van der Waals surface area contributed by atoms with Crippen molar-refractivity contribution >= 4 is 21.8 Å². The Hall–Kier alpha value is -6.80. The maximum absolute atomic E-state index is 13.8. The number of rotatable bonds is 5. The Morgan fingerprint density at radius 2 is 1.02 bits per heavy atom. The Morgan fingerprint density at radius 3 is 1.60 bits per heavy atom. The monoisotopic (exact) mass is 711 g/mol. The van der Waals surface area contributed by atoms with Crippen LogP contribution in [0.1, 0.15) is 16.7 Å². The highest BCUT2D eigenvalue weighted by Crippen LogP contribution is 2.41. The Balaban J connectivity index is 1.38. The molecule has 2 aromatic heterocycles. The summed E-state index contributed by atoms with van der Waals surface area (Å²) < 4.78 is 84.6. The molecule has 0 unspecified atom stereocenters. The number of aromatic nitrogens is 4. The molecule has 0 bridgehead atoms. The van der Waals surface area contributed by atoms with Crippen LogP contribution in [0.15, 0.2) is 140 Å². The quantitative estimate of drug-likeness (QED) is 0.167. The second-order valence-corrected chi connectivity index (χ2v) is 12.3. The minimum atomic E-state index is -4.99. The highest BCUT2D eigenvalue weighted by atomic mass is 19.4. The van der Waals surface area contributed by atoms with E-state index >= 15 is 0 Å². The number of hydrogen-bond acceptors (Lipinski definition) is 4. The summed E-state index contributed by atoms with van der Waals surface area (Å²) in [6.45, 7) is 0. The number of fused-ring (bicyclic) bond motifs is 3. The normalized spacial score (nSPS) is 11.9. The van der Waals surface area contributed by atoms with Gasteiger partial charge in [-0.3, -0.25) is 0 Å². The van der Waals surface area contributed by atoms with E-state index in [-0.39, 0.29) is 23.0 Å². The highest BCUT2D eigenvalue weighted by molar-refractivity contribution is 6.11. The van der Waals surface area contributed by atoms with Crippen molar-refractivity contribution in [2.75, 3.05) is 0 Å². The molecule has 0 saturated carbocycles. The van der Waals surface area contributed by atoms with Crippen molar-refractivity contribution in [1.82, 2.24) is 19.5 Å². The fraction of sp³-hybridized carbons (Fsp3) is 0.0476. The molecule has 0 N–H and O–H groups in total. The predicted molar refractivity (Wildman–Crippen MR) is 191 cm³/mol. The van der Waals surface area contributed by atoms with Crippen LogP contribution in [0.3, 0.4) is 0 Å². The number of hydrogen-bond donors (Lipinski definition) is 0. The van der Waals surface area contributed by atoms with Gasteiger partial charge < -0.3 is 4.57 Å². The molecular weight excluding hydrogens is 688 g/mol. The zero-order valence-corrected chi connectivity index (χ0v) is 27.3. The SMILES string of the molecule is N#Cc1ccc(-n2c3ccccc3c3cc(-c4cc(C(F)(F)F)cc(C(F)(F)F)c4)ccc32)c(-c2nc(-c3ccccc3)nc(-c3ccccc3)n2)c1. The molecule has 0 aliphatic carbocycles. The van der Waals surface area contributed by atoms with Crippen LogP contribution < -0.4 is 0 Å². The third-order valence-corrected chi connectivity index (χ3v) is 8.90. The van der Waals surface area contributed by atoms with Crippen molar-refractivity contribution in [2.24, 2.45) is 0 Å². The number of benzene rings is 6. The molecule has 258 valence electrons. The fourth-order valence-corrected chi connectivity index (χ4v) is 6.44. The molecule has 0 aliphatic heterocycles. The third kappa shape index (κ3) is 6.25. The van der Waals surface area contributed by atoms with Crippen molar-refractivity contribution < 1.29 is 26.3 Å². The smallest absolute Gasteiger partial charge is 0.308 e. The molecule has 53 heavy (non-hydrogen) atoms. The first kappa shape index (κ1) is 33.3. The van der Waals surface area contributed by atoms with Crippen LogP contribution in [0.5, 0.6) is 0 Å². The van der Waals surface area contributed by atoms with E-state index in [9.17, 15) is 31.6 Å². The van der Waals surface area contributed by atoms with Crippen LogP contribution in [0.4, 0.5) is 26.3 Å². The largest absolute Gasteiger partial charge is 0.416 e. The topological polar surface area (TPSA) is 67.4 Å². The Bertz CT molecular complexity index is 2620. The van der Waals surface area contributed by atoms with Crippen molar-refractivity contribution in [2.45, 2.75) is 12.4 Å². The van der Waals surface area contributed by atoms with E-state index in [1.165, 1.54) is 6.07 Å². The summed E-state index contributed by atoms with van der Waals surface area (Å²) in [5.41, 5.74) is 1.41. The lowest BCUT2D eigenvalue weighted by Crippen LogP contribution is -2.11. The van der Waals surface area contributed by atoms with Gasteiger partial charge in [0.05, 0.1) is 39.5 Å². The zero-order valence-electron chi connectivity index (χ0n) is 27.3. The second kappa shape index (κ2) is 12.8. The van der Waals surface area contributed by atoms with E-state index in [4.69, 9.17) is 15.0 Å².